The molecule has 10 heteroatoms. The number of unbranched alkanes of at least 4 members (excludes halogenated alkanes) is 1. The molecule has 0 bridgehead atoms. The fourth-order valence-corrected chi connectivity index (χ4v) is 4.70. The summed E-state index contributed by atoms with van der Waals surface area (Å²) in [5.74, 6) is 0.388. The predicted molar refractivity (Wildman–Crippen MR) is 135 cm³/mol. The van der Waals surface area contributed by atoms with Crippen molar-refractivity contribution in [2.75, 3.05) is 45.7 Å². The number of anilines is 1. The summed E-state index contributed by atoms with van der Waals surface area (Å²) in [6.07, 6.45) is 3.13. The molecule has 0 spiro atoms. The van der Waals surface area contributed by atoms with Crippen molar-refractivity contribution in [3.05, 3.63) is 35.8 Å². The molecule has 1 aliphatic heterocycles. The number of carbonyl (C=O) groups is 3. The van der Waals surface area contributed by atoms with Gasteiger partial charge >= 0.3 is 12.1 Å². The highest BCUT2D eigenvalue weighted by atomic mass is 32.1. The zero-order chi connectivity index (χ0) is 25.0. The number of thiazole rings is 1. The van der Waals surface area contributed by atoms with E-state index in [1.807, 2.05) is 30.3 Å². The van der Waals surface area contributed by atoms with Crippen LogP contribution in [0.4, 0.5) is 10.6 Å². The first-order valence-corrected chi connectivity index (χ1v) is 12.8. The summed E-state index contributed by atoms with van der Waals surface area (Å²) in [5.41, 5.74) is 2.71. The minimum atomic E-state index is -0.490. The van der Waals surface area contributed by atoms with E-state index in [4.69, 9.17) is 4.74 Å². The highest BCUT2D eigenvalue weighted by molar-refractivity contribution is 7.13. The van der Waals surface area contributed by atoms with Gasteiger partial charge in [-0.05, 0) is 31.2 Å². The molecule has 0 unspecified atom stereocenters. The maximum absolute atomic E-state index is 12.4. The molecule has 1 fully saturated rings. The van der Waals surface area contributed by atoms with E-state index in [1.54, 1.807) is 17.5 Å². The summed E-state index contributed by atoms with van der Waals surface area (Å²) >= 11 is 1.47. The van der Waals surface area contributed by atoms with E-state index in [-0.39, 0.29) is 18.0 Å². The number of methoxy groups -OCH3 is 1. The van der Waals surface area contributed by atoms with Crippen LogP contribution in [0, 0.1) is 0 Å². The number of nitrogens with one attached hydrogen (secondary N) is 1. The van der Waals surface area contributed by atoms with E-state index in [0.29, 0.717) is 38.2 Å². The number of nitrogens with zero attached hydrogens (tertiary/aromatic N) is 3. The zero-order valence-corrected chi connectivity index (χ0v) is 21.2. The first-order valence-electron chi connectivity index (χ1n) is 12.0. The highest BCUT2D eigenvalue weighted by Crippen LogP contribution is 2.31. The molecule has 0 saturated carbocycles. The van der Waals surface area contributed by atoms with Crippen LogP contribution in [0.15, 0.2) is 35.8 Å². The third kappa shape index (κ3) is 8.63. The zero-order valence-electron chi connectivity index (χ0n) is 20.4. The lowest BCUT2D eigenvalue weighted by Gasteiger charge is -2.31. The Morgan fingerprint density at radius 3 is 2.60 bits per heavy atom. The Morgan fingerprint density at radius 1 is 1.14 bits per heavy atom. The molecule has 190 valence electrons. The molecule has 1 saturated heterocycles. The largest absolute Gasteiger partial charge is 0.469 e. The molecule has 0 aliphatic carbocycles. The maximum atomic E-state index is 12.4. The van der Waals surface area contributed by atoms with Crippen LogP contribution in [-0.4, -0.2) is 79.2 Å². The average Bonchev–Trinajstić information content (AvgIpc) is 3.34. The summed E-state index contributed by atoms with van der Waals surface area (Å²) in [6, 6.07) is 9.80. The van der Waals surface area contributed by atoms with Crippen molar-refractivity contribution < 1.29 is 23.9 Å². The van der Waals surface area contributed by atoms with E-state index in [2.05, 4.69) is 19.9 Å². The Hall–Kier alpha value is -2.98. The number of amides is 2. The van der Waals surface area contributed by atoms with E-state index in [0.717, 1.165) is 42.8 Å². The SMILES string of the molecule is COC(=O)CCCCN(C)C(=O)CCN1CCC(OC(=O)Nc2ncsc2-c2ccccc2)CC1. The molecule has 1 aromatic carbocycles. The van der Waals surface area contributed by atoms with Crippen LogP contribution in [0.5, 0.6) is 0 Å². The average molecular weight is 503 g/mol. The van der Waals surface area contributed by atoms with Gasteiger partial charge < -0.3 is 19.3 Å². The molecule has 0 atom stereocenters. The van der Waals surface area contributed by atoms with Crippen LogP contribution in [-0.2, 0) is 19.1 Å². The van der Waals surface area contributed by atoms with Gasteiger partial charge in [0.15, 0.2) is 5.82 Å². The third-order valence-electron chi connectivity index (χ3n) is 6.05. The Kier molecular flexibility index (Phi) is 10.5. The van der Waals surface area contributed by atoms with Crippen molar-refractivity contribution in [1.29, 1.82) is 0 Å². The van der Waals surface area contributed by atoms with Crippen LogP contribution in [0.3, 0.4) is 0 Å². The number of piperidine rings is 1. The van der Waals surface area contributed by atoms with E-state index in [9.17, 15) is 14.4 Å². The van der Waals surface area contributed by atoms with E-state index >= 15 is 0 Å². The normalized spacial score (nSPS) is 14.3. The monoisotopic (exact) mass is 502 g/mol. The van der Waals surface area contributed by atoms with Gasteiger partial charge in [0, 0.05) is 46.1 Å². The lowest BCUT2D eigenvalue weighted by molar-refractivity contribution is -0.140. The van der Waals surface area contributed by atoms with Gasteiger partial charge in [0.1, 0.15) is 6.10 Å². The molecule has 1 N–H and O–H groups in total. The van der Waals surface area contributed by atoms with Crippen molar-refractivity contribution in [2.24, 2.45) is 0 Å². The number of likely N-dealkylation sites (tertiary alicyclic amines) is 1. The standard InChI is InChI=1S/C25H34N4O5S/c1-28(14-7-6-10-22(31)33-2)21(30)13-17-29-15-11-20(12-16-29)34-25(32)27-24-23(35-18-26-24)19-8-4-3-5-9-19/h3-5,8-9,18,20H,6-7,10-17H2,1-2H3,(H,27,32). The second kappa shape index (κ2) is 13.8. The number of hydrogen-bond acceptors (Lipinski definition) is 8. The topological polar surface area (TPSA) is 101 Å². The number of carbonyl (C=O) groups excluding carboxylic acids is 3. The van der Waals surface area contributed by atoms with Crippen molar-refractivity contribution in [2.45, 2.75) is 44.6 Å². The molecule has 0 radical (unpaired) electrons. The van der Waals surface area contributed by atoms with Gasteiger partial charge in [-0.15, -0.1) is 11.3 Å². The smallest absolute Gasteiger partial charge is 0.413 e. The van der Waals surface area contributed by atoms with Crippen molar-refractivity contribution in [3.63, 3.8) is 0 Å². The lowest BCUT2D eigenvalue weighted by atomic mass is 10.1. The Balaban J connectivity index is 1.32. The first-order chi connectivity index (χ1) is 17.0. The fraction of sp³-hybridized carbons (Fsp3) is 0.520. The summed E-state index contributed by atoms with van der Waals surface area (Å²) in [6.45, 7) is 2.87. The predicted octanol–water partition coefficient (Wildman–Crippen LogP) is 4.01. The molecular formula is C25H34N4O5S. The number of esters is 1. The van der Waals surface area contributed by atoms with Gasteiger partial charge in [0.25, 0.3) is 0 Å². The molecule has 9 nitrogen and oxygen atoms in total. The molecule has 3 rings (SSSR count). The van der Waals surface area contributed by atoms with Crippen LogP contribution in [0.1, 0.15) is 38.5 Å². The maximum Gasteiger partial charge on any atom is 0.413 e. The van der Waals surface area contributed by atoms with Crippen molar-refractivity contribution >= 4 is 35.1 Å². The minimum absolute atomic E-state index is 0.0957. The first kappa shape index (κ1) is 26.6. The van der Waals surface area contributed by atoms with Crippen LogP contribution in [0.2, 0.25) is 0 Å². The number of benzene rings is 1. The quantitative estimate of drug-likeness (QED) is 0.366. The summed E-state index contributed by atoms with van der Waals surface area (Å²) < 4.78 is 10.3. The number of aromatic nitrogens is 1. The summed E-state index contributed by atoms with van der Waals surface area (Å²) in [7, 11) is 3.18. The molecule has 2 amide bonds. The molecule has 2 aromatic rings. The summed E-state index contributed by atoms with van der Waals surface area (Å²) in [5, 5.41) is 2.78. The minimum Gasteiger partial charge on any atom is -0.469 e. The van der Waals surface area contributed by atoms with Gasteiger partial charge in [0.05, 0.1) is 17.5 Å². The van der Waals surface area contributed by atoms with Crippen LogP contribution in [0.25, 0.3) is 10.4 Å². The highest BCUT2D eigenvalue weighted by Gasteiger charge is 2.24. The molecule has 1 aliphatic rings. The summed E-state index contributed by atoms with van der Waals surface area (Å²) in [4.78, 5) is 45.1. The number of hydrogen-bond donors (Lipinski definition) is 1. The second-order valence-electron chi connectivity index (χ2n) is 8.57. The van der Waals surface area contributed by atoms with Crippen molar-refractivity contribution in [1.82, 2.24) is 14.8 Å². The fourth-order valence-electron chi connectivity index (χ4n) is 3.95. The Bertz CT molecular complexity index is 960. The van der Waals surface area contributed by atoms with Crippen LogP contribution < -0.4 is 5.32 Å². The second-order valence-corrected chi connectivity index (χ2v) is 9.42. The lowest BCUT2D eigenvalue weighted by Crippen LogP contribution is -2.40. The van der Waals surface area contributed by atoms with E-state index < -0.39 is 6.09 Å². The van der Waals surface area contributed by atoms with Gasteiger partial charge in [-0.3, -0.25) is 14.9 Å². The molecule has 1 aromatic heterocycles. The van der Waals surface area contributed by atoms with Gasteiger partial charge in [-0.25, -0.2) is 9.78 Å². The van der Waals surface area contributed by atoms with Gasteiger partial charge in [0.2, 0.25) is 5.91 Å². The van der Waals surface area contributed by atoms with Gasteiger partial charge in [-0.1, -0.05) is 30.3 Å². The van der Waals surface area contributed by atoms with Crippen molar-refractivity contribution in [3.8, 4) is 10.4 Å². The van der Waals surface area contributed by atoms with Gasteiger partial charge in [-0.2, -0.15) is 0 Å². The third-order valence-corrected chi connectivity index (χ3v) is 6.93. The molecular weight excluding hydrogens is 468 g/mol. The molecule has 35 heavy (non-hydrogen) atoms. The molecule has 2 heterocycles. The number of rotatable bonds is 11. The Morgan fingerprint density at radius 2 is 1.89 bits per heavy atom. The van der Waals surface area contributed by atoms with Crippen LogP contribution >= 0.6 is 11.3 Å². The van der Waals surface area contributed by atoms with E-state index in [1.165, 1.54) is 18.4 Å². The number of ether oxygens (including phenoxy) is 2. The Labute approximate surface area is 210 Å².